The average molecular weight is 541 g/mol. The molecule has 0 N–H and O–H groups in total. The number of fused-ring (bicyclic) bond motifs is 3. The fraction of sp³-hybridized carbons (Fsp3) is 0. The molecule has 0 amide bonds. The fourth-order valence-corrected chi connectivity index (χ4v) is 7.03. The first-order chi connectivity index (χ1) is 20.3. The van der Waals surface area contributed by atoms with Crippen molar-refractivity contribution in [1.82, 2.24) is 10.2 Å². The topological polar surface area (TPSA) is 25.8 Å². The lowest BCUT2D eigenvalue weighted by Crippen LogP contribution is -1.95. The molecule has 2 nitrogen and oxygen atoms in total. The highest BCUT2D eigenvalue weighted by Gasteiger charge is 2.18. The Morgan fingerprint density at radius 1 is 0.341 bits per heavy atom. The van der Waals surface area contributed by atoms with Gasteiger partial charge >= 0.3 is 0 Å². The van der Waals surface area contributed by atoms with Crippen LogP contribution in [-0.2, 0) is 0 Å². The van der Waals surface area contributed by atoms with Gasteiger partial charge in [0, 0.05) is 42.4 Å². The van der Waals surface area contributed by atoms with Gasteiger partial charge in [0.25, 0.3) is 0 Å². The van der Waals surface area contributed by atoms with E-state index in [-0.39, 0.29) is 0 Å². The van der Waals surface area contributed by atoms with E-state index in [1.165, 1.54) is 42.4 Å². The van der Waals surface area contributed by atoms with E-state index in [1.54, 1.807) is 0 Å². The Morgan fingerprint density at radius 3 is 1.02 bits per heavy atom. The quantitative estimate of drug-likeness (QED) is 0.208. The molecule has 8 aromatic rings. The summed E-state index contributed by atoms with van der Waals surface area (Å²) in [4.78, 5) is 2.59. The molecule has 6 aromatic carbocycles. The number of hydrogen-bond acceptors (Lipinski definition) is 3. The second kappa shape index (κ2) is 9.81. The zero-order valence-corrected chi connectivity index (χ0v) is 23.0. The maximum Gasteiger partial charge on any atom is 0.101 e. The van der Waals surface area contributed by atoms with Crippen molar-refractivity contribution < 1.29 is 0 Å². The van der Waals surface area contributed by atoms with Gasteiger partial charge in [-0.3, -0.25) is 0 Å². The molecule has 0 atom stereocenters. The highest BCUT2D eigenvalue weighted by Crippen LogP contribution is 2.46. The minimum atomic E-state index is 0.904. The number of thiophene rings is 1. The molecule has 0 aliphatic rings. The Kier molecular flexibility index (Phi) is 5.68. The third-order valence-electron chi connectivity index (χ3n) is 7.73. The van der Waals surface area contributed by atoms with Crippen LogP contribution in [0.25, 0.3) is 75.7 Å². The van der Waals surface area contributed by atoms with E-state index in [9.17, 15) is 0 Å². The van der Waals surface area contributed by atoms with Gasteiger partial charge < -0.3 is 0 Å². The van der Waals surface area contributed by atoms with Gasteiger partial charge in [0.05, 0.1) is 0 Å². The van der Waals surface area contributed by atoms with Gasteiger partial charge in [0.2, 0.25) is 0 Å². The Hall–Kier alpha value is -5.12. The van der Waals surface area contributed by atoms with Gasteiger partial charge in [-0.1, -0.05) is 121 Å². The molecule has 8 rings (SSSR count). The molecule has 0 aliphatic heterocycles. The van der Waals surface area contributed by atoms with Gasteiger partial charge in [-0.25, -0.2) is 0 Å². The molecular formula is C38H24N2S. The molecule has 0 radical (unpaired) electrons. The van der Waals surface area contributed by atoms with Gasteiger partial charge in [-0.2, -0.15) is 0 Å². The van der Waals surface area contributed by atoms with Crippen molar-refractivity contribution in [3.05, 3.63) is 146 Å². The van der Waals surface area contributed by atoms with Crippen LogP contribution >= 0.6 is 11.3 Å². The predicted octanol–water partition coefficient (Wildman–Crippen LogP) is 10.7. The lowest BCUT2D eigenvalue weighted by atomic mass is 9.94. The molecule has 0 bridgehead atoms. The summed E-state index contributed by atoms with van der Waals surface area (Å²) in [7, 11) is 0. The van der Waals surface area contributed by atoms with E-state index in [2.05, 4.69) is 133 Å². The molecule has 0 unspecified atom stereocenters. The molecule has 2 aromatic heterocycles. The normalized spacial score (nSPS) is 11.4. The highest BCUT2D eigenvalue weighted by atomic mass is 32.1. The van der Waals surface area contributed by atoms with Gasteiger partial charge in [-0.15, -0.1) is 21.5 Å². The summed E-state index contributed by atoms with van der Waals surface area (Å²) in [5, 5.41) is 16.7. The summed E-state index contributed by atoms with van der Waals surface area (Å²) in [6.07, 6.45) is 0. The summed E-state index contributed by atoms with van der Waals surface area (Å²) < 4.78 is 0. The summed E-state index contributed by atoms with van der Waals surface area (Å²) in [6.45, 7) is 0. The third-order valence-corrected chi connectivity index (χ3v) is 9.05. The van der Waals surface area contributed by atoms with Crippen molar-refractivity contribution in [2.24, 2.45) is 0 Å². The first-order valence-electron chi connectivity index (χ1n) is 13.8. The lowest BCUT2D eigenvalue weighted by molar-refractivity contribution is 1.06. The van der Waals surface area contributed by atoms with Crippen LogP contribution in [0.2, 0.25) is 0 Å². The number of rotatable bonds is 4. The molecular weight excluding hydrogens is 516 g/mol. The summed E-state index contributed by atoms with van der Waals surface area (Å²) in [5.74, 6) is 0. The van der Waals surface area contributed by atoms with E-state index in [0.717, 1.165) is 33.3 Å². The number of hydrogen-bond donors (Lipinski definition) is 0. The molecule has 0 saturated heterocycles. The molecule has 0 spiro atoms. The standard InChI is InChI=1S/C38H24N2S/c1-5-13-25(14-6-1)35-31-21-29-23-33-34(24-30(29)22-32(31)36(40-39-35)26-15-7-2-8-16-26)38(28-19-11-4-12-20-28)41-37(33)27-17-9-3-10-18-27/h1-24H. The van der Waals surface area contributed by atoms with Crippen LogP contribution in [0.1, 0.15) is 0 Å². The van der Waals surface area contributed by atoms with Crippen LogP contribution in [0.3, 0.4) is 0 Å². The zero-order chi connectivity index (χ0) is 27.2. The third kappa shape index (κ3) is 4.10. The maximum absolute atomic E-state index is 4.78. The largest absolute Gasteiger partial charge is 0.149 e. The minimum Gasteiger partial charge on any atom is -0.149 e. The first kappa shape index (κ1) is 23.7. The lowest BCUT2D eigenvalue weighted by Gasteiger charge is -2.12. The van der Waals surface area contributed by atoms with E-state index < -0.39 is 0 Å². The van der Waals surface area contributed by atoms with E-state index in [4.69, 9.17) is 10.2 Å². The molecule has 2 heterocycles. The second-order valence-electron chi connectivity index (χ2n) is 10.3. The van der Waals surface area contributed by atoms with Gasteiger partial charge in [0.1, 0.15) is 11.4 Å². The van der Waals surface area contributed by atoms with E-state index in [1.807, 2.05) is 23.5 Å². The van der Waals surface area contributed by atoms with Crippen molar-refractivity contribution in [2.75, 3.05) is 0 Å². The Morgan fingerprint density at radius 2 is 0.659 bits per heavy atom. The van der Waals surface area contributed by atoms with Gasteiger partial charge in [-0.05, 0) is 46.2 Å². The van der Waals surface area contributed by atoms with Crippen LogP contribution in [-0.4, -0.2) is 10.2 Å². The average Bonchev–Trinajstić information content (AvgIpc) is 3.42. The van der Waals surface area contributed by atoms with Crippen LogP contribution in [0.5, 0.6) is 0 Å². The van der Waals surface area contributed by atoms with Crippen molar-refractivity contribution in [2.45, 2.75) is 0 Å². The molecule has 0 saturated carbocycles. The SMILES string of the molecule is c1ccc(-c2nnc(-c3ccccc3)c3cc4cc5c(-c6ccccc6)sc(-c6ccccc6)c5cc4cc23)cc1. The monoisotopic (exact) mass is 540 g/mol. The molecule has 0 fully saturated rings. The van der Waals surface area contributed by atoms with Crippen molar-refractivity contribution in [1.29, 1.82) is 0 Å². The Balaban J connectivity index is 1.47. The van der Waals surface area contributed by atoms with Crippen molar-refractivity contribution >= 4 is 43.7 Å². The molecule has 192 valence electrons. The Labute approximate surface area is 242 Å². The van der Waals surface area contributed by atoms with Crippen molar-refractivity contribution in [3.63, 3.8) is 0 Å². The maximum atomic E-state index is 4.78. The smallest absolute Gasteiger partial charge is 0.101 e. The van der Waals surface area contributed by atoms with E-state index >= 15 is 0 Å². The van der Waals surface area contributed by atoms with Crippen LogP contribution in [0.4, 0.5) is 0 Å². The number of aromatic nitrogens is 2. The van der Waals surface area contributed by atoms with Crippen molar-refractivity contribution in [3.8, 4) is 43.4 Å². The summed E-state index contributed by atoms with van der Waals surface area (Å²) >= 11 is 1.87. The predicted molar refractivity (Wildman–Crippen MR) is 174 cm³/mol. The van der Waals surface area contributed by atoms with Crippen LogP contribution in [0.15, 0.2) is 146 Å². The highest BCUT2D eigenvalue weighted by molar-refractivity contribution is 7.21. The first-order valence-corrected chi connectivity index (χ1v) is 14.6. The molecule has 3 heteroatoms. The minimum absolute atomic E-state index is 0.904. The summed E-state index contributed by atoms with van der Waals surface area (Å²) in [5.41, 5.74) is 6.43. The molecule has 0 aliphatic carbocycles. The summed E-state index contributed by atoms with van der Waals surface area (Å²) in [6, 6.07) is 51.6. The fourth-order valence-electron chi connectivity index (χ4n) is 5.76. The number of benzene rings is 6. The van der Waals surface area contributed by atoms with Crippen LogP contribution < -0.4 is 0 Å². The Bertz CT molecular complexity index is 2010. The van der Waals surface area contributed by atoms with E-state index in [0.29, 0.717) is 0 Å². The molecule has 41 heavy (non-hydrogen) atoms. The zero-order valence-electron chi connectivity index (χ0n) is 22.2. The second-order valence-corrected chi connectivity index (χ2v) is 11.3. The van der Waals surface area contributed by atoms with Gasteiger partial charge in [0.15, 0.2) is 0 Å². The number of nitrogens with zero attached hydrogens (tertiary/aromatic N) is 2. The van der Waals surface area contributed by atoms with Crippen LogP contribution in [0, 0.1) is 0 Å².